The largest absolute Gasteiger partial charge is 2.00 e. The van der Waals surface area contributed by atoms with Crippen LogP contribution in [0.3, 0.4) is 0 Å². The second-order valence-electron chi connectivity index (χ2n) is 3.27. The van der Waals surface area contributed by atoms with Gasteiger partial charge in [-0.25, -0.2) is 0 Å². The van der Waals surface area contributed by atoms with Crippen LogP contribution in [0, 0.1) is 6.92 Å². The van der Waals surface area contributed by atoms with E-state index in [-0.39, 0.29) is 35.5 Å². The van der Waals surface area contributed by atoms with Crippen molar-refractivity contribution < 1.29 is 12.4 Å². The average molecular weight is 221 g/mol. The molecule has 0 atom stereocenters. The van der Waals surface area contributed by atoms with Crippen LogP contribution in [0.15, 0.2) is 24.3 Å². The maximum Gasteiger partial charge on any atom is 2.00 e. The molecule has 14 heavy (non-hydrogen) atoms. The van der Waals surface area contributed by atoms with Crippen molar-refractivity contribution in [2.45, 2.75) is 32.6 Å². The Bertz CT molecular complexity index is 218. The third-order valence-corrected chi connectivity index (χ3v) is 2.09. The van der Waals surface area contributed by atoms with E-state index in [0.717, 1.165) is 5.56 Å². The fraction of sp³-hybridized carbons (Fsp3) is 0.417. The third kappa shape index (κ3) is 6.58. The molecule has 2 heteroatoms. The Hall–Kier alpha value is 0.146. The van der Waals surface area contributed by atoms with E-state index in [0.29, 0.717) is 0 Å². The van der Waals surface area contributed by atoms with Crippen molar-refractivity contribution in [3.8, 4) is 0 Å². The van der Waals surface area contributed by atoms with E-state index in [9.17, 15) is 0 Å². The van der Waals surface area contributed by atoms with Crippen molar-refractivity contribution in [1.82, 2.24) is 0 Å². The predicted octanol–water partition coefficient (Wildman–Crippen LogP) is 0.225. The molecule has 0 aliphatic rings. The van der Waals surface area contributed by atoms with Crippen LogP contribution < -0.4 is 12.4 Å². The van der Waals surface area contributed by atoms with Crippen LogP contribution in [-0.4, -0.2) is 23.1 Å². The molecule has 0 bridgehead atoms. The molecule has 1 aromatic rings. The fourth-order valence-electron chi connectivity index (χ4n) is 1.29. The van der Waals surface area contributed by atoms with Crippen LogP contribution in [0.1, 0.15) is 37.3 Å². The smallest absolute Gasteiger partial charge is 1.00 e. The zero-order valence-corrected chi connectivity index (χ0v) is 11.1. The first kappa shape index (κ1) is 16.6. The summed E-state index contributed by atoms with van der Waals surface area (Å²) in [4.78, 5) is 0. The first-order valence-electron chi connectivity index (χ1n) is 4.74. The van der Waals surface area contributed by atoms with E-state index < -0.39 is 0 Å². The van der Waals surface area contributed by atoms with Crippen LogP contribution in [0.2, 0.25) is 0 Å². The van der Waals surface area contributed by atoms with Crippen LogP contribution in [-0.2, 0) is 6.42 Å². The molecule has 0 aromatic heterocycles. The minimum atomic E-state index is 0. The number of halogens is 1. The van der Waals surface area contributed by atoms with E-state index in [1.54, 1.807) is 0 Å². The summed E-state index contributed by atoms with van der Waals surface area (Å²) in [7, 11) is 0. The van der Waals surface area contributed by atoms with Gasteiger partial charge >= 0.3 is 23.1 Å². The molecule has 1 aromatic carbocycles. The molecule has 0 fully saturated rings. The quantitative estimate of drug-likeness (QED) is 0.387. The van der Waals surface area contributed by atoms with Gasteiger partial charge in [-0.1, -0.05) is 25.3 Å². The van der Waals surface area contributed by atoms with Gasteiger partial charge in [-0.2, -0.15) is 24.6 Å². The number of hydrogen-bond donors (Lipinski definition) is 0. The Morgan fingerprint density at radius 3 is 2.14 bits per heavy atom. The summed E-state index contributed by atoms with van der Waals surface area (Å²) in [6.45, 7) is 6.09. The van der Waals surface area contributed by atoms with E-state index in [1.807, 2.05) is 0 Å². The molecule has 74 valence electrons. The molecule has 0 N–H and O–H groups in total. The van der Waals surface area contributed by atoms with Crippen molar-refractivity contribution in [3.05, 3.63) is 42.3 Å². The summed E-state index contributed by atoms with van der Waals surface area (Å²) in [5.74, 6) is 0. The topological polar surface area (TPSA) is 0 Å². The van der Waals surface area contributed by atoms with Crippen LogP contribution in [0.5, 0.6) is 0 Å². The minimum Gasteiger partial charge on any atom is -1.00 e. The molecular weight excluding hydrogens is 204 g/mol. The van der Waals surface area contributed by atoms with Gasteiger partial charge < -0.3 is 12.4 Å². The van der Waals surface area contributed by atoms with Gasteiger partial charge in [-0.15, -0.1) is 12.1 Å². The molecule has 0 heterocycles. The summed E-state index contributed by atoms with van der Waals surface area (Å²) >= 11 is 0. The molecule has 0 spiro atoms. The van der Waals surface area contributed by atoms with Gasteiger partial charge in [0.25, 0.3) is 0 Å². The average Bonchev–Trinajstić information content (AvgIpc) is 2.09. The van der Waals surface area contributed by atoms with E-state index in [2.05, 4.69) is 38.1 Å². The Kier molecular flexibility index (Phi) is 11.5. The minimum absolute atomic E-state index is 0. The van der Waals surface area contributed by atoms with Crippen LogP contribution >= 0.6 is 0 Å². The van der Waals surface area contributed by atoms with Gasteiger partial charge in [0.1, 0.15) is 0 Å². The Morgan fingerprint density at radius 2 is 1.64 bits per heavy atom. The third-order valence-electron chi connectivity index (χ3n) is 2.09. The summed E-state index contributed by atoms with van der Waals surface area (Å²) in [5, 5.41) is 0. The molecule has 0 amide bonds. The van der Waals surface area contributed by atoms with E-state index in [4.69, 9.17) is 0 Å². The second kappa shape index (κ2) is 9.69. The zero-order chi connectivity index (χ0) is 8.81. The van der Waals surface area contributed by atoms with Crippen molar-refractivity contribution in [3.63, 3.8) is 0 Å². The predicted molar refractivity (Wildman–Crippen MR) is 59.9 cm³/mol. The number of benzene rings is 1. The first-order valence-corrected chi connectivity index (χ1v) is 4.74. The standard InChI is InChI=1S/C12H17.ClH.Mg/c1-3-4-5-6-12-9-7-11(2)8-10-12;;/h7-10H,2-6H2,1H3;1H;/q-1;;+2/p-1. The summed E-state index contributed by atoms with van der Waals surface area (Å²) in [6.07, 6.45) is 5.17. The maximum absolute atomic E-state index is 3.86. The monoisotopic (exact) mass is 220 g/mol. The maximum atomic E-state index is 3.86. The summed E-state index contributed by atoms with van der Waals surface area (Å²) < 4.78 is 0. The van der Waals surface area contributed by atoms with Gasteiger partial charge in [0.15, 0.2) is 0 Å². The SMILES string of the molecule is [CH2-]c1ccc(CCCCC)cc1.[Cl-].[Mg+2]. The van der Waals surface area contributed by atoms with Gasteiger partial charge in [-0.05, 0) is 12.8 Å². The number of rotatable bonds is 4. The molecular formula is C12H17ClMg. The number of unbranched alkanes of at least 4 members (excludes halogenated alkanes) is 2. The normalized spacial score (nSPS) is 8.64. The van der Waals surface area contributed by atoms with Crippen molar-refractivity contribution in [1.29, 1.82) is 0 Å². The van der Waals surface area contributed by atoms with Crippen LogP contribution in [0.25, 0.3) is 0 Å². The Labute approximate surface area is 110 Å². The van der Waals surface area contributed by atoms with Crippen LogP contribution in [0.4, 0.5) is 0 Å². The van der Waals surface area contributed by atoms with Gasteiger partial charge in [0.05, 0.1) is 0 Å². The van der Waals surface area contributed by atoms with Crippen molar-refractivity contribution in [2.75, 3.05) is 0 Å². The van der Waals surface area contributed by atoms with Gasteiger partial charge in [0, 0.05) is 0 Å². The molecule has 1 rings (SSSR count). The molecule has 0 nitrogen and oxygen atoms in total. The second-order valence-corrected chi connectivity index (χ2v) is 3.27. The molecule has 0 saturated carbocycles. The summed E-state index contributed by atoms with van der Waals surface area (Å²) in [5.41, 5.74) is 2.55. The fourth-order valence-corrected chi connectivity index (χ4v) is 1.29. The zero-order valence-electron chi connectivity index (χ0n) is 8.93. The Balaban J connectivity index is 0. The van der Waals surface area contributed by atoms with E-state index in [1.165, 1.54) is 31.2 Å². The van der Waals surface area contributed by atoms with Gasteiger partial charge in [0.2, 0.25) is 0 Å². The molecule has 0 saturated heterocycles. The van der Waals surface area contributed by atoms with E-state index >= 15 is 0 Å². The van der Waals surface area contributed by atoms with Crippen molar-refractivity contribution >= 4 is 23.1 Å². The number of aryl methyl sites for hydroxylation is 1. The number of hydrogen-bond acceptors (Lipinski definition) is 0. The molecule has 0 unspecified atom stereocenters. The molecule has 0 radical (unpaired) electrons. The molecule has 0 aliphatic heterocycles. The van der Waals surface area contributed by atoms with Crippen molar-refractivity contribution in [2.24, 2.45) is 0 Å². The molecule has 0 aliphatic carbocycles. The Morgan fingerprint density at radius 1 is 1.07 bits per heavy atom. The summed E-state index contributed by atoms with van der Waals surface area (Å²) in [6, 6.07) is 8.53. The van der Waals surface area contributed by atoms with Gasteiger partial charge in [-0.3, -0.25) is 0 Å². The first-order chi connectivity index (χ1) is 5.83.